The lowest BCUT2D eigenvalue weighted by atomic mass is 9.89. The van der Waals surface area contributed by atoms with E-state index >= 15 is 0 Å². The summed E-state index contributed by atoms with van der Waals surface area (Å²) in [6, 6.07) is 6.79. The number of carbonyl (C=O) groups is 4. The molecule has 0 bridgehead atoms. The van der Waals surface area contributed by atoms with Crippen LogP contribution in [0.1, 0.15) is 47.3 Å². The number of likely N-dealkylation sites (tertiary alicyclic amines) is 1. The Bertz CT molecular complexity index is 1080. The second-order valence-electron chi connectivity index (χ2n) is 8.08. The van der Waals surface area contributed by atoms with Crippen molar-refractivity contribution in [2.75, 3.05) is 17.2 Å². The summed E-state index contributed by atoms with van der Waals surface area (Å²) >= 11 is 0. The van der Waals surface area contributed by atoms with Gasteiger partial charge >= 0.3 is 11.8 Å². The van der Waals surface area contributed by atoms with Crippen LogP contribution in [0, 0.1) is 5.92 Å². The number of hydrogen-bond acceptors (Lipinski definition) is 5. The fourth-order valence-electron chi connectivity index (χ4n) is 4.14. The summed E-state index contributed by atoms with van der Waals surface area (Å²) in [6.07, 6.45) is 4.59. The third-order valence-corrected chi connectivity index (χ3v) is 5.69. The van der Waals surface area contributed by atoms with Gasteiger partial charge in [0.25, 0.3) is 0 Å². The van der Waals surface area contributed by atoms with Crippen LogP contribution in [-0.4, -0.2) is 40.1 Å². The van der Waals surface area contributed by atoms with Crippen molar-refractivity contribution < 1.29 is 19.2 Å². The molecular formula is C22H23N5O4. The fraction of sp³-hybridized carbons (Fsp3) is 0.318. The molecule has 2 aliphatic heterocycles. The number of aromatic nitrogens is 1. The van der Waals surface area contributed by atoms with Crippen molar-refractivity contribution in [3.8, 4) is 0 Å². The minimum atomic E-state index is -0.805. The predicted molar refractivity (Wildman–Crippen MR) is 113 cm³/mol. The van der Waals surface area contributed by atoms with Crippen LogP contribution in [0.3, 0.4) is 0 Å². The molecule has 2 atom stereocenters. The van der Waals surface area contributed by atoms with Gasteiger partial charge in [-0.3, -0.25) is 24.2 Å². The molecule has 3 heterocycles. The molecule has 9 heteroatoms. The molecule has 0 spiro atoms. The topological polar surface area (TPSA) is 134 Å². The largest absolute Gasteiger partial charge is 0.366 e. The highest BCUT2D eigenvalue weighted by Crippen LogP contribution is 2.36. The smallest absolute Gasteiger partial charge is 0.313 e. The van der Waals surface area contributed by atoms with Crippen molar-refractivity contribution in [2.24, 2.45) is 11.7 Å². The molecule has 9 nitrogen and oxygen atoms in total. The van der Waals surface area contributed by atoms with Crippen molar-refractivity contribution in [1.29, 1.82) is 0 Å². The molecule has 2 aromatic rings. The van der Waals surface area contributed by atoms with E-state index in [-0.39, 0.29) is 29.1 Å². The average Bonchev–Trinajstić information content (AvgIpc) is 3.12. The molecule has 4 rings (SSSR count). The minimum absolute atomic E-state index is 0.0523. The highest BCUT2D eigenvalue weighted by Gasteiger charge is 2.35. The quantitative estimate of drug-likeness (QED) is 0.647. The Labute approximate surface area is 179 Å². The van der Waals surface area contributed by atoms with Gasteiger partial charge in [-0.25, -0.2) is 0 Å². The fourth-order valence-corrected chi connectivity index (χ4v) is 4.14. The number of fused-ring (bicyclic) bond motifs is 1. The monoisotopic (exact) mass is 421 g/mol. The lowest BCUT2D eigenvalue weighted by Crippen LogP contribution is -2.46. The highest BCUT2D eigenvalue weighted by atomic mass is 16.2. The normalized spacial score (nSPS) is 20.0. The van der Waals surface area contributed by atoms with E-state index in [1.165, 1.54) is 18.5 Å². The number of benzene rings is 1. The Morgan fingerprint density at radius 3 is 2.77 bits per heavy atom. The summed E-state index contributed by atoms with van der Waals surface area (Å²) in [7, 11) is 0. The second-order valence-corrected chi connectivity index (χ2v) is 8.08. The maximum absolute atomic E-state index is 13.1. The summed E-state index contributed by atoms with van der Waals surface area (Å²) in [4.78, 5) is 54.2. The number of nitrogens with zero attached hydrogens (tertiary/aromatic N) is 2. The van der Waals surface area contributed by atoms with Gasteiger partial charge in [-0.1, -0.05) is 19.1 Å². The van der Waals surface area contributed by atoms with Crippen molar-refractivity contribution in [3.63, 3.8) is 0 Å². The van der Waals surface area contributed by atoms with Gasteiger partial charge in [0, 0.05) is 18.4 Å². The van der Waals surface area contributed by atoms with E-state index in [0.29, 0.717) is 13.0 Å². The zero-order chi connectivity index (χ0) is 22.1. The van der Waals surface area contributed by atoms with E-state index in [9.17, 15) is 19.2 Å². The van der Waals surface area contributed by atoms with E-state index < -0.39 is 17.7 Å². The lowest BCUT2D eigenvalue weighted by molar-refractivity contribution is -0.146. The van der Waals surface area contributed by atoms with Crippen LogP contribution in [0.15, 0.2) is 36.7 Å². The van der Waals surface area contributed by atoms with Gasteiger partial charge in [-0.15, -0.1) is 0 Å². The second kappa shape index (κ2) is 8.17. The van der Waals surface area contributed by atoms with Crippen LogP contribution >= 0.6 is 0 Å². The van der Waals surface area contributed by atoms with Gasteiger partial charge in [-0.05, 0) is 42.0 Å². The average molecular weight is 421 g/mol. The van der Waals surface area contributed by atoms with Crippen molar-refractivity contribution in [2.45, 2.75) is 32.2 Å². The number of pyridine rings is 1. The number of rotatable bonds is 3. The molecule has 0 saturated carbocycles. The Hall–Kier alpha value is -3.75. The van der Waals surface area contributed by atoms with E-state index in [0.717, 1.165) is 29.7 Å². The predicted octanol–water partition coefficient (Wildman–Crippen LogP) is 1.61. The molecule has 160 valence electrons. The van der Waals surface area contributed by atoms with Crippen molar-refractivity contribution >= 4 is 35.0 Å². The number of primary amides is 1. The molecule has 4 amide bonds. The molecule has 1 fully saturated rings. The number of carbonyl (C=O) groups excluding carboxylic acids is 4. The van der Waals surface area contributed by atoms with Crippen LogP contribution in [0.25, 0.3) is 0 Å². The van der Waals surface area contributed by atoms with E-state index in [1.807, 2.05) is 25.1 Å². The molecule has 2 aliphatic rings. The first-order valence-electron chi connectivity index (χ1n) is 10.1. The van der Waals surface area contributed by atoms with Gasteiger partial charge < -0.3 is 21.3 Å². The first-order chi connectivity index (χ1) is 14.8. The van der Waals surface area contributed by atoms with E-state index in [1.54, 1.807) is 4.90 Å². The number of amides is 4. The number of nitrogens with one attached hydrogen (secondary N) is 2. The van der Waals surface area contributed by atoms with E-state index in [4.69, 9.17) is 5.73 Å². The van der Waals surface area contributed by atoms with Crippen LogP contribution in [-0.2, 0) is 20.8 Å². The van der Waals surface area contributed by atoms with Gasteiger partial charge in [0.2, 0.25) is 11.8 Å². The number of hydrogen-bond donors (Lipinski definition) is 3. The van der Waals surface area contributed by atoms with Crippen molar-refractivity contribution in [3.05, 3.63) is 53.3 Å². The summed E-state index contributed by atoms with van der Waals surface area (Å²) in [6.45, 7) is 2.49. The molecule has 0 unspecified atom stereocenters. The first kappa shape index (κ1) is 20.5. The van der Waals surface area contributed by atoms with Crippen molar-refractivity contribution in [1.82, 2.24) is 9.88 Å². The summed E-state index contributed by atoms with van der Waals surface area (Å²) in [5.41, 5.74) is 8.19. The maximum atomic E-state index is 13.1. The van der Waals surface area contributed by atoms with Crippen LogP contribution in [0.5, 0.6) is 0 Å². The standard InChI is InChI=1S/C22H23N5O4/c1-12-2-5-18(13-3-4-17-14(6-13)8-19(28)26-17)27(11-12)22(31)21(30)25-16-7-15(20(23)29)9-24-10-16/h3-4,6-7,9-10,12,18H,2,5,8,11H2,1H3,(H2,23,29)(H,25,30)(H,26,28)/t12-,18+/m1/s1. The zero-order valence-corrected chi connectivity index (χ0v) is 17.1. The molecule has 0 radical (unpaired) electrons. The zero-order valence-electron chi connectivity index (χ0n) is 17.1. The molecule has 1 aromatic heterocycles. The Kier molecular flexibility index (Phi) is 5.41. The van der Waals surface area contributed by atoms with Gasteiger partial charge in [0.15, 0.2) is 0 Å². The molecular weight excluding hydrogens is 398 g/mol. The third-order valence-electron chi connectivity index (χ3n) is 5.69. The minimum Gasteiger partial charge on any atom is -0.366 e. The SMILES string of the molecule is C[C@@H]1CC[C@@H](c2ccc3c(c2)CC(=O)N3)N(C(=O)C(=O)Nc2cncc(C(N)=O)c2)C1. The molecule has 1 saturated heterocycles. The number of anilines is 2. The van der Waals surface area contributed by atoms with Gasteiger partial charge in [0.1, 0.15) is 0 Å². The third kappa shape index (κ3) is 4.25. The molecule has 0 aliphatic carbocycles. The Morgan fingerprint density at radius 2 is 2.00 bits per heavy atom. The lowest BCUT2D eigenvalue weighted by Gasteiger charge is -2.38. The van der Waals surface area contributed by atoms with Gasteiger partial charge in [0.05, 0.1) is 29.9 Å². The summed E-state index contributed by atoms with van der Waals surface area (Å²) in [5, 5.41) is 5.32. The molecule has 31 heavy (non-hydrogen) atoms. The highest BCUT2D eigenvalue weighted by molar-refractivity contribution is 6.39. The van der Waals surface area contributed by atoms with E-state index in [2.05, 4.69) is 15.6 Å². The Morgan fingerprint density at radius 1 is 1.19 bits per heavy atom. The van der Waals surface area contributed by atoms with Crippen LogP contribution in [0.2, 0.25) is 0 Å². The van der Waals surface area contributed by atoms with Crippen LogP contribution in [0.4, 0.5) is 11.4 Å². The summed E-state index contributed by atoms with van der Waals surface area (Å²) < 4.78 is 0. The molecule has 1 aromatic carbocycles. The number of piperidine rings is 1. The maximum Gasteiger partial charge on any atom is 0.313 e. The number of nitrogens with two attached hydrogens (primary N) is 1. The first-order valence-corrected chi connectivity index (χ1v) is 10.1. The Balaban J connectivity index is 1.55. The summed E-state index contributed by atoms with van der Waals surface area (Å²) in [5.74, 6) is -1.94. The van der Waals surface area contributed by atoms with Crippen LogP contribution < -0.4 is 16.4 Å². The molecule has 4 N–H and O–H groups in total. The van der Waals surface area contributed by atoms with Gasteiger partial charge in [-0.2, -0.15) is 0 Å².